The van der Waals surface area contributed by atoms with E-state index in [2.05, 4.69) is 15.8 Å². The van der Waals surface area contributed by atoms with Crippen LogP contribution in [0.15, 0.2) is 47.6 Å². The van der Waals surface area contributed by atoms with Crippen LogP contribution in [0.5, 0.6) is 0 Å². The van der Waals surface area contributed by atoms with Crippen molar-refractivity contribution < 1.29 is 29.1 Å². The molecule has 0 unspecified atom stereocenters. The molecule has 11 heteroatoms. The van der Waals surface area contributed by atoms with Crippen molar-refractivity contribution in [3.8, 4) is 0 Å². The van der Waals surface area contributed by atoms with Gasteiger partial charge in [0.1, 0.15) is 18.9 Å². The molecule has 3 N–H and O–H groups in total. The van der Waals surface area contributed by atoms with Crippen LogP contribution in [0.4, 0.5) is 5.69 Å². The minimum absolute atomic E-state index is 0.0275. The Balaban J connectivity index is 1.66. The Bertz CT molecular complexity index is 1080. The summed E-state index contributed by atoms with van der Waals surface area (Å²) in [6, 6.07) is 10.2. The molecule has 2 amide bonds. The van der Waals surface area contributed by atoms with Crippen LogP contribution in [0.3, 0.4) is 0 Å². The predicted octanol–water partition coefficient (Wildman–Crippen LogP) is 3.79. The Hall–Kier alpha value is -3.14. The van der Waals surface area contributed by atoms with Gasteiger partial charge in [0.25, 0.3) is 11.8 Å². The molecule has 0 aromatic heterocycles. The van der Waals surface area contributed by atoms with E-state index in [1.54, 1.807) is 42.5 Å². The number of ether oxygens (including phenoxy) is 1. The number of nitrogens with zero attached hydrogens (tertiary/aromatic N) is 1. The fourth-order valence-corrected chi connectivity index (χ4v) is 4.24. The van der Waals surface area contributed by atoms with Crippen molar-refractivity contribution in [2.75, 3.05) is 25.6 Å². The quantitative estimate of drug-likeness (QED) is 0.340. The molecule has 9 nitrogen and oxygen atoms in total. The van der Waals surface area contributed by atoms with Gasteiger partial charge in [0.05, 0.1) is 15.6 Å². The number of oxime groups is 1. The van der Waals surface area contributed by atoms with E-state index in [9.17, 15) is 19.5 Å². The molecule has 1 atom stereocenters. The highest BCUT2D eigenvalue weighted by atomic mass is 35.5. The molecule has 1 saturated heterocycles. The van der Waals surface area contributed by atoms with Crippen LogP contribution < -0.4 is 10.6 Å². The predicted molar refractivity (Wildman–Crippen MR) is 132 cm³/mol. The highest BCUT2D eigenvalue weighted by molar-refractivity contribution is 6.40. The van der Waals surface area contributed by atoms with E-state index in [0.717, 1.165) is 0 Å². The van der Waals surface area contributed by atoms with Crippen LogP contribution in [0.1, 0.15) is 28.8 Å². The first-order valence-electron chi connectivity index (χ1n) is 10.9. The van der Waals surface area contributed by atoms with Crippen LogP contribution in [0.25, 0.3) is 0 Å². The summed E-state index contributed by atoms with van der Waals surface area (Å²) in [5.74, 6) is -2.42. The van der Waals surface area contributed by atoms with E-state index in [1.807, 2.05) is 0 Å². The van der Waals surface area contributed by atoms with Gasteiger partial charge in [-0.1, -0.05) is 46.6 Å². The van der Waals surface area contributed by atoms with Crippen molar-refractivity contribution in [3.05, 3.63) is 63.6 Å². The van der Waals surface area contributed by atoms with E-state index in [-0.39, 0.29) is 33.7 Å². The number of carboxylic acids is 1. The number of hydrogen-bond donors (Lipinski definition) is 3. The molecule has 186 valence electrons. The first-order chi connectivity index (χ1) is 16.8. The summed E-state index contributed by atoms with van der Waals surface area (Å²) < 4.78 is 5.32. The summed E-state index contributed by atoms with van der Waals surface area (Å²) in [6.45, 7) is 0.989. The molecule has 0 radical (unpaired) electrons. The lowest BCUT2D eigenvalue weighted by Gasteiger charge is -2.23. The molecule has 0 bridgehead atoms. The van der Waals surface area contributed by atoms with Gasteiger partial charge in [0, 0.05) is 31.2 Å². The largest absolute Gasteiger partial charge is 0.480 e. The Labute approximate surface area is 212 Å². The van der Waals surface area contributed by atoms with E-state index in [0.29, 0.717) is 37.3 Å². The zero-order valence-electron chi connectivity index (χ0n) is 18.9. The van der Waals surface area contributed by atoms with Gasteiger partial charge in [0.15, 0.2) is 0 Å². The van der Waals surface area contributed by atoms with Gasteiger partial charge < -0.3 is 25.3 Å². The smallest absolute Gasteiger partial charge is 0.326 e. The standard InChI is InChI=1S/C24H25Cl2N3O6/c1-34-29-21(15-9-11-35-12-10-15)23(31)28-19(24(32)33)13-14-5-7-16(8-6-14)27-22(30)20-17(25)3-2-4-18(20)26/h2-8,15,19H,9-13H2,1H3,(H,27,30)(H,28,31)(H,32,33)/t19-/m0/s1. The molecule has 1 fully saturated rings. The molecular formula is C24H25Cl2N3O6. The fraction of sp³-hybridized carbons (Fsp3) is 0.333. The van der Waals surface area contributed by atoms with Crippen molar-refractivity contribution in [1.29, 1.82) is 0 Å². The monoisotopic (exact) mass is 521 g/mol. The second-order valence-corrected chi connectivity index (χ2v) is 8.68. The van der Waals surface area contributed by atoms with Crippen molar-refractivity contribution in [2.24, 2.45) is 11.1 Å². The number of hydrogen-bond acceptors (Lipinski definition) is 6. The summed E-state index contributed by atoms with van der Waals surface area (Å²) in [5, 5.41) is 19.2. The second kappa shape index (κ2) is 12.5. The van der Waals surface area contributed by atoms with E-state index < -0.39 is 23.8 Å². The molecule has 3 rings (SSSR count). The third-order valence-electron chi connectivity index (χ3n) is 5.48. The maximum atomic E-state index is 12.8. The lowest BCUT2D eigenvalue weighted by Crippen LogP contribution is -2.47. The van der Waals surface area contributed by atoms with Gasteiger partial charge in [-0.3, -0.25) is 9.59 Å². The number of carbonyl (C=O) groups is 3. The van der Waals surface area contributed by atoms with E-state index in [4.69, 9.17) is 32.8 Å². The first-order valence-corrected chi connectivity index (χ1v) is 11.6. The highest BCUT2D eigenvalue weighted by Gasteiger charge is 2.29. The van der Waals surface area contributed by atoms with Gasteiger partial charge in [-0.15, -0.1) is 0 Å². The number of benzene rings is 2. The van der Waals surface area contributed by atoms with Gasteiger partial charge >= 0.3 is 5.97 Å². The minimum atomic E-state index is -1.19. The van der Waals surface area contributed by atoms with Gasteiger partial charge in [-0.2, -0.15) is 0 Å². The van der Waals surface area contributed by atoms with Crippen LogP contribution >= 0.6 is 23.2 Å². The van der Waals surface area contributed by atoms with Crippen molar-refractivity contribution in [1.82, 2.24) is 5.32 Å². The Kier molecular flexibility index (Phi) is 9.47. The molecule has 1 aliphatic heterocycles. The minimum Gasteiger partial charge on any atom is -0.480 e. The third kappa shape index (κ3) is 7.17. The number of anilines is 1. The molecule has 0 aliphatic carbocycles. The average molecular weight is 522 g/mol. The Morgan fingerprint density at radius 3 is 2.31 bits per heavy atom. The number of carboxylic acid groups (broad SMARTS) is 1. The van der Waals surface area contributed by atoms with Crippen LogP contribution in [0, 0.1) is 5.92 Å². The van der Waals surface area contributed by atoms with Crippen molar-refractivity contribution in [3.63, 3.8) is 0 Å². The summed E-state index contributed by atoms with van der Waals surface area (Å²) in [6.07, 6.45) is 1.22. The number of rotatable bonds is 9. The summed E-state index contributed by atoms with van der Waals surface area (Å²) in [4.78, 5) is 42.0. The molecule has 1 heterocycles. The number of nitrogens with one attached hydrogen (secondary N) is 2. The van der Waals surface area contributed by atoms with Crippen molar-refractivity contribution >= 4 is 52.4 Å². The third-order valence-corrected chi connectivity index (χ3v) is 6.11. The maximum Gasteiger partial charge on any atom is 0.326 e. The summed E-state index contributed by atoms with van der Waals surface area (Å²) in [5.41, 5.74) is 1.42. The van der Waals surface area contributed by atoms with Gasteiger partial charge in [-0.25, -0.2) is 4.79 Å². The number of aliphatic carboxylic acids is 1. The Morgan fingerprint density at radius 2 is 1.74 bits per heavy atom. The molecule has 0 spiro atoms. The molecular weight excluding hydrogens is 497 g/mol. The normalized spacial score (nSPS) is 15.2. The molecule has 2 aromatic rings. The number of amides is 2. The molecule has 2 aromatic carbocycles. The lowest BCUT2D eigenvalue weighted by molar-refractivity contribution is -0.141. The number of halogens is 2. The molecule has 0 saturated carbocycles. The van der Waals surface area contributed by atoms with Crippen LogP contribution in [-0.4, -0.2) is 55.0 Å². The summed E-state index contributed by atoms with van der Waals surface area (Å²) in [7, 11) is 1.33. The molecule has 1 aliphatic rings. The average Bonchev–Trinajstić information content (AvgIpc) is 2.83. The lowest BCUT2D eigenvalue weighted by atomic mass is 9.93. The first kappa shape index (κ1) is 26.5. The highest BCUT2D eigenvalue weighted by Crippen LogP contribution is 2.25. The zero-order chi connectivity index (χ0) is 25.4. The van der Waals surface area contributed by atoms with Crippen molar-refractivity contribution in [2.45, 2.75) is 25.3 Å². The zero-order valence-corrected chi connectivity index (χ0v) is 20.4. The SMILES string of the molecule is CON=C(C(=O)N[C@@H](Cc1ccc(NC(=O)c2c(Cl)cccc2Cl)cc1)C(=O)O)C1CCOCC1. The van der Waals surface area contributed by atoms with Crippen LogP contribution in [0.2, 0.25) is 10.0 Å². The molecule has 35 heavy (non-hydrogen) atoms. The van der Waals surface area contributed by atoms with Gasteiger partial charge in [0.2, 0.25) is 0 Å². The van der Waals surface area contributed by atoms with Crippen LogP contribution in [-0.2, 0) is 25.6 Å². The Morgan fingerprint density at radius 1 is 1.11 bits per heavy atom. The fourth-order valence-electron chi connectivity index (χ4n) is 3.67. The van der Waals surface area contributed by atoms with Gasteiger partial charge in [-0.05, 0) is 42.7 Å². The summed E-state index contributed by atoms with van der Waals surface area (Å²) >= 11 is 12.2. The van der Waals surface area contributed by atoms with E-state index >= 15 is 0 Å². The topological polar surface area (TPSA) is 126 Å². The second-order valence-electron chi connectivity index (χ2n) is 7.86. The maximum absolute atomic E-state index is 12.8. The number of carbonyl (C=O) groups excluding carboxylic acids is 2. The van der Waals surface area contributed by atoms with E-state index in [1.165, 1.54) is 7.11 Å².